The molecular formula is C16H22ClF4N7. The first-order valence-electron chi connectivity index (χ1n) is 8.83. The topological polar surface area (TPSA) is 83.5 Å². The fraction of sp³-hybridized carbons (Fsp3) is 0.625. The van der Waals surface area contributed by atoms with E-state index in [4.69, 9.17) is 17.3 Å². The van der Waals surface area contributed by atoms with Crippen LogP contribution in [0.3, 0.4) is 0 Å². The molecule has 3 heterocycles. The van der Waals surface area contributed by atoms with Crippen molar-refractivity contribution in [1.29, 1.82) is 0 Å². The van der Waals surface area contributed by atoms with Crippen molar-refractivity contribution >= 4 is 17.8 Å². The Hall–Kier alpha value is -1.85. The number of nitrogens with two attached hydrogens (primary N) is 1. The number of rotatable bonds is 5. The number of aromatic nitrogens is 2. The third kappa shape index (κ3) is 4.11. The number of alkyl halides is 4. The van der Waals surface area contributed by atoms with Gasteiger partial charge in [-0.1, -0.05) is 11.6 Å². The molecule has 2 aliphatic rings. The van der Waals surface area contributed by atoms with Crippen molar-refractivity contribution in [2.75, 3.05) is 33.4 Å². The van der Waals surface area contributed by atoms with Gasteiger partial charge in [0.15, 0.2) is 5.15 Å². The second-order valence-corrected chi connectivity index (χ2v) is 7.12. The van der Waals surface area contributed by atoms with Crippen LogP contribution in [0.15, 0.2) is 22.6 Å². The Morgan fingerprint density at radius 3 is 2.64 bits per heavy atom. The van der Waals surface area contributed by atoms with Crippen LogP contribution in [-0.2, 0) is 5.79 Å². The molecule has 156 valence electrons. The predicted molar refractivity (Wildman–Crippen MR) is 97.6 cm³/mol. The van der Waals surface area contributed by atoms with Gasteiger partial charge in [-0.25, -0.2) is 9.38 Å². The van der Waals surface area contributed by atoms with E-state index in [2.05, 4.69) is 20.7 Å². The Bertz CT molecular complexity index is 768. The summed E-state index contributed by atoms with van der Waals surface area (Å²) in [6, 6.07) is 0.0448. The third-order valence-corrected chi connectivity index (χ3v) is 5.25. The molecule has 12 heteroatoms. The zero-order chi connectivity index (χ0) is 20.5. The molecule has 4 N–H and O–H groups in total. The first-order chi connectivity index (χ1) is 13.2. The van der Waals surface area contributed by atoms with Gasteiger partial charge in [0.05, 0.1) is 11.6 Å². The van der Waals surface area contributed by atoms with Crippen LogP contribution in [0.2, 0.25) is 5.15 Å². The van der Waals surface area contributed by atoms with Gasteiger partial charge >= 0.3 is 6.18 Å². The van der Waals surface area contributed by atoms with Crippen molar-refractivity contribution in [3.8, 4) is 0 Å². The van der Waals surface area contributed by atoms with E-state index in [0.29, 0.717) is 12.8 Å². The molecule has 0 aromatic carbocycles. The molecule has 0 spiro atoms. The highest BCUT2D eigenvalue weighted by Gasteiger charge is 2.42. The fourth-order valence-electron chi connectivity index (χ4n) is 3.41. The number of nitrogens with zero attached hydrogens (tertiary/aromatic N) is 4. The van der Waals surface area contributed by atoms with E-state index in [-0.39, 0.29) is 29.3 Å². The van der Waals surface area contributed by atoms with E-state index in [1.807, 2.05) is 4.90 Å². The molecule has 2 aliphatic heterocycles. The SMILES string of the molecule is CNC1=C(C(F)(F)F)C=NC(N)(c2cn(C3CCN(CCF)CC3)nc2Cl)N1. The number of nitrogens with one attached hydrogen (secondary N) is 2. The number of halogens is 5. The molecule has 1 aromatic heterocycles. The van der Waals surface area contributed by atoms with Gasteiger partial charge in [0, 0.05) is 39.1 Å². The summed E-state index contributed by atoms with van der Waals surface area (Å²) in [6.07, 6.45) is -0.783. The average molecular weight is 424 g/mol. The van der Waals surface area contributed by atoms with Crippen LogP contribution >= 0.6 is 11.6 Å². The smallest absolute Gasteiger partial charge is 0.374 e. The van der Waals surface area contributed by atoms with Crippen LogP contribution in [0.5, 0.6) is 0 Å². The van der Waals surface area contributed by atoms with Crippen LogP contribution in [0.1, 0.15) is 24.4 Å². The summed E-state index contributed by atoms with van der Waals surface area (Å²) < 4.78 is 53.5. The van der Waals surface area contributed by atoms with Crippen LogP contribution in [-0.4, -0.2) is 60.4 Å². The van der Waals surface area contributed by atoms with Crippen molar-refractivity contribution in [3.63, 3.8) is 0 Å². The van der Waals surface area contributed by atoms with Crippen LogP contribution < -0.4 is 16.4 Å². The molecule has 0 amide bonds. The number of aliphatic imine (C=N–C) groups is 1. The summed E-state index contributed by atoms with van der Waals surface area (Å²) in [5.74, 6) is -1.98. The summed E-state index contributed by atoms with van der Waals surface area (Å²) in [5.41, 5.74) is 5.53. The highest BCUT2D eigenvalue weighted by molar-refractivity contribution is 6.30. The maximum absolute atomic E-state index is 13.1. The lowest BCUT2D eigenvalue weighted by Crippen LogP contribution is -2.53. The van der Waals surface area contributed by atoms with Crippen LogP contribution in [0.25, 0.3) is 0 Å². The number of likely N-dealkylation sites (tertiary alicyclic amines) is 1. The summed E-state index contributed by atoms with van der Waals surface area (Å²) in [6.45, 7) is 1.48. The zero-order valence-electron chi connectivity index (χ0n) is 15.2. The van der Waals surface area contributed by atoms with Gasteiger partial charge in [0.2, 0.25) is 5.79 Å². The van der Waals surface area contributed by atoms with E-state index in [1.165, 1.54) is 7.05 Å². The predicted octanol–water partition coefficient (Wildman–Crippen LogP) is 1.88. The zero-order valence-corrected chi connectivity index (χ0v) is 16.0. The highest BCUT2D eigenvalue weighted by Crippen LogP contribution is 2.34. The minimum atomic E-state index is -4.59. The lowest BCUT2D eigenvalue weighted by molar-refractivity contribution is -0.0875. The Morgan fingerprint density at radius 2 is 2.07 bits per heavy atom. The highest BCUT2D eigenvalue weighted by atomic mass is 35.5. The van der Waals surface area contributed by atoms with Crippen molar-refractivity contribution < 1.29 is 17.6 Å². The summed E-state index contributed by atoms with van der Waals surface area (Å²) in [7, 11) is 1.35. The summed E-state index contributed by atoms with van der Waals surface area (Å²) >= 11 is 6.24. The third-order valence-electron chi connectivity index (χ3n) is 4.97. The number of hydrogen-bond donors (Lipinski definition) is 3. The molecular weight excluding hydrogens is 402 g/mol. The van der Waals surface area contributed by atoms with Gasteiger partial charge < -0.3 is 15.5 Å². The van der Waals surface area contributed by atoms with E-state index < -0.39 is 17.5 Å². The summed E-state index contributed by atoms with van der Waals surface area (Å²) in [5, 5.41) is 9.38. The minimum absolute atomic E-state index is 0.0448. The van der Waals surface area contributed by atoms with Crippen LogP contribution in [0.4, 0.5) is 17.6 Å². The molecule has 0 radical (unpaired) electrons. The average Bonchev–Trinajstić information content (AvgIpc) is 3.04. The second kappa shape index (κ2) is 7.88. The van der Waals surface area contributed by atoms with Gasteiger partial charge in [0.25, 0.3) is 0 Å². The van der Waals surface area contributed by atoms with E-state index in [0.717, 1.165) is 25.9 Å². The summed E-state index contributed by atoms with van der Waals surface area (Å²) in [4.78, 5) is 5.90. The van der Waals surface area contributed by atoms with Gasteiger partial charge in [-0.05, 0) is 12.8 Å². The quantitative estimate of drug-likeness (QED) is 0.630. The molecule has 3 rings (SSSR count). The molecule has 0 bridgehead atoms. The molecule has 1 fully saturated rings. The maximum Gasteiger partial charge on any atom is 0.421 e. The standard InChI is InChI=1S/C16H22ClF4N7/c1-23-14-11(15(19,20)21)8-24-16(22,25-14)12-9-28(26-13(12)17)10-2-5-27(6-3-10)7-4-18/h8-10,23,25H,2-7,22H2,1H3. The number of allylic oxidation sites excluding steroid dienone is 1. The van der Waals surface area contributed by atoms with Crippen molar-refractivity contribution in [2.24, 2.45) is 10.7 Å². The minimum Gasteiger partial charge on any atom is -0.374 e. The lowest BCUT2D eigenvalue weighted by Gasteiger charge is -2.33. The second-order valence-electron chi connectivity index (χ2n) is 6.76. The molecule has 7 nitrogen and oxygen atoms in total. The number of hydrogen-bond acceptors (Lipinski definition) is 6. The van der Waals surface area contributed by atoms with Gasteiger partial charge in [0.1, 0.15) is 18.1 Å². The molecule has 28 heavy (non-hydrogen) atoms. The van der Waals surface area contributed by atoms with Crippen molar-refractivity contribution in [2.45, 2.75) is 30.8 Å². The van der Waals surface area contributed by atoms with Crippen molar-refractivity contribution in [3.05, 3.63) is 28.3 Å². The molecule has 1 aromatic rings. The van der Waals surface area contributed by atoms with Gasteiger partial charge in [-0.3, -0.25) is 10.4 Å². The molecule has 1 unspecified atom stereocenters. The normalized spacial score (nSPS) is 24.5. The van der Waals surface area contributed by atoms with Crippen LogP contribution in [0, 0.1) is 0 Å². The van der Waals surface area contributed by atoms with Crippen molar-refractivity contribution in [1.82, 2.24) is 25.3 Å². The molecule has 1 saturated heterocycles. The Morgan fingerprint density at radius 1 is 1.39 bits per heavy atom. The largest absolute Gasteiger partial charge is 0.421 e. The first-order valence-corrected chi connectivity index (χ1v) is 9.20. The molecule has 0 saturated carbocycles. The molecule has 0 aliphatic carbocycles. The van der Waals surface area contributed by atoms with E-state index in [1.54, 1.807) is 10.9 Å². The van der Waals surface area contributed by atoms with E-state index >= 15 is 0 Å². The fourth-order valence-corrected chi connectivity index (χ4v) is 3.69. The Kier molecular flexibility index (Phi) is 5.87. The van der Waals surface area contributed by atoms with Gasteiger partial charge in [-0.15, -0.1) is 0 Å². The number of piperidine rings is 1. The van der Waals surface area contributed by atoms with Gasteiger partial charge in [-0.2, -0.15) is 18.3 Å². The Labute approximate surface area is 164 Å². The van der Waals surface area contributed by atoms with E-state index in [9.17, 15) is 17.6 Å². The monoisotopic (exact) mass is 423 g/mol. The Balaban J connectivity index is 1.80. The first kappa shape index (κ1) is 20.9. The maximum atomic E-state index is 13.1. The lowest BCUT2D eigenvalue weighted by atomic mass is 10.1. The molecule has 1 atom stereocenters.